The Balaban J connectivity index is 2.26. The predicted molar refractivity (Wildman–Crippen MR) is 83.1 cm³/mol. The van der Waals surface area contributed by atoms with E-state index < -0.39 is 4.92 Å². The number of nitro groups is 1. The molecule has 0 aromatic rings. The lowest BCUT2D eigenvalue weighted by atomic mass is 9.77. The van der Waals surface area contributed by atoms with Crippen LogP contribution < -0.4 is 0 Å². The zero-order valence-corrected chi connectivity index (χ0v) is 12.6. The molecule has 6 nitrogen and oxygen atoms in total. The molecule has 0 saturated heterocycles. The van der Waals surface area contributed by atoms with E-state index in [0.29, 0.717) is 25.0 Å². The summed E-state index contributed by atoms with van der Waals surface area (Å²) >= 11 is 0. The number of aliphatic hydroxyl groups is 1. The summed E-state index contributed by atoms with van der Waals surface area (Å²) in [5.74, 6) is -0.144. The van der Waals surface area contributed by atoms with Gasteiger partial charge in [0, 0.05) is 25.1 Å². The van der Waals surface area contributed by atoms with Gasteiger partial charge in [0.1, 0.15) is 5.76 Å². The minimum Gasteiger partial charge on any atom is -0.511 e. The first-order valence-electron chi connectivity index (χ1n) is 7.01. The van der Waals surface area contributed by atoms with Gasteiger partial charge in [-0.2, -0.15) is 0 Å². The monoisotopic (exact) mass is 302 g/mol. The van der Waals surface area contributed by atoms with Crippen molar-refractivity contribution in [3.63, 3.8) is 0 Å². The molecule has 0 bridgehead atoms. The van der Waals surface area contributed by atoms with Crippen LogP contribution in [-0.2, 0) is 4.79 Å². The third-order valence-corrected chi connectivity index (χ3v) is 3.50. The van der Waals surface area contributed by atoms with Gasteiger partial charge in [-0.1, -0.05) is 19.9 Å². The standard InChI is InChI=1S/C16H18N2O4/c1-16(2)8-14(19)13(15(20)9-16)10-17-11-5-3-4-6-12(7-11)18(21)22/h3,5-7,10,19H,4,8-9H2,1-2H3. The molecule has 2 aliphatic rings. The molecular formula is C16H18N2O4. The van der Waals surface area contributed by atoms with Gasteiger partial charge in [-0.3, -0.25) is 19.9 Å². The molecule has 0 saturated carbocycles. The lowest BCUT2D eigenvalue weighted by Gasteiger charge is -2.28. The van der Waals surface area contributed by atoms with Gasteiger partial charge in [0.05, 0.1) is 16.2 Å². The minimum atomic E-state index is -0.479. The zero-order valence-electron chi connectivity index (χ0n) is 12.6. The second kappa shape index (κ2) is 6.09. The number of rotatable bonds is 3. The van der Waals surface area contributed by atoms with Crippen LogP contribution in [0, 0.1) is 15.5 Å². The molecule has 0 amide bonds. The molecule has 1 N–H and O–H groups in total. The number of aliphatic imine (C=N–C) groups is 1. The Hall–Kier alpha value is -2.50. The average molecular weight is 302 g/mol. The van der Waals surface area contributed by atoms with Crippen molar-refractivity contribution >= 4 is 12.0 Å². The average Bonchev–Trinajstić information content (AvgIpc) is 2.62. The molecule has 0 aromatic heterocycles. The summed E-state index contributed by atoms with van der Waals surface area (Å²) in [5, 5.41) is 20.9. The van der Waals surface area contributed by atoms with Gasteiger partial charge >= 0.3 is 0 Å². The first kappa shape index (κ1) is 15.9. The molecule has 2 aliphatic carbocycles. The molecule has 22 heavy (non-hydrogen) atoms. The number of hydrogen-bond donors (Lipinski definition) is 1. The second-order valence-corrected chi connectivity index (χ2v) is 6.15. The summed E-state index contributed by atoms with van der Waals surface area (Å²) in [6.07, 6.45) is 8.73. The molecule has 2 rings (SSSR count). The highest BCUT2D eigenvalue weighted by molar-refractivity contribution is 6.14. The fourth-order valence-electron chi connectivity index (χ4n) is 2.43. The highest BCUT2D eigenvalue weighted by Crippen LogP contribution is 2.35. The summed E-state index contributed by atoms with van der Waals surface area (Å²) < 4.78 is 0. The van der Waals surface area contributed by atoms with Crippen LogP contribution in [0.3, 0.4) is 0 Å². The third kappa shape index (κ3) is 3.78. The number of ketones is 1. The maximum atomic E-state index is 12.1. The largest absolute Gasteiger partial charge is 0.511 e. The van der Waals surface area contributed by atoms with Gasteiger partial charge in [-0.05, 0) is 24.0 Å². The SMILES string of the molecule is CC1(C)CC(=O)C(C=NC2=CC([N+](=O)[O-])=CCC=C2)=C(O)C1. The van der Waals surface area contributed by atoms with Crippen LogP contribution in [0.5, 0.6) is 0 Å². The molecule has 116 valence electrons. The number of Topliss-reactive ketones (excluding diaryl/α,β-unsaturated/α-hetero) is 1. The van der Waals surface area contributed by atoms with Crippen molar-refractivity contribution in [2.75, 3.05) is 0 Å². The molecule has 6 heteroatoms. The first-order chi connectivity index (χ1) is 10.3. The lowest BCUT2D eigenvalue weighted by Crippen LogP contribution is -2.26. The lowest BCUT2D eigenvalue weighted by molar-refractivity contribution is -0.419. The van der Waals surface area contributed by atoms with E-state index in [-0.39, 0.29) is 28.2 Å². The Morgan fingerprint density at radius 3 is 2.77 bits per heavy atom. The van der Waals surface area contributed by atoms with Crippen LogP contribution in [0.1, 0.15) is 33.1 Å². The Labute approximate surface area is 128 Å². The van der Waals surface area contributed by atoms with Crippen molar-refractivity contribution in [2.45, 2.75) is 33.1 Å². The van der Waals surface area contributed by atoms with E-state index in [2.05, 4.69) is 4.99 Å². The van der Waals surface area contributed by atoms with E-state index in [1.54, 1.807) is 12.2 Å². The maximum absolute atomic E-state index is 12.1. The molecule has 0 aliphatic heterocycles. The Kier molecular flexibility index (Phi) is 4.40. The number of carbonyl (C=O) groups is 1. The topological polar surface area (TPSA) is 92.8 Å². The van der Waals surface area contributed by atoms with Crippen molar-refractivity contribution in [1.29, 1.82) is 0 Å². The van der Waals surface area contributed by atoms with E-state index in [9.17, 15) is 20.0 Å². The van der Waals surface area contributed by atoms with Gasteiger partial charge in [-0.25, -0.2) is 0 Å². The van der Waals surface area contributed by atoms with Crippen LogP contribution in [0.15, 0.2) is 52.0 Å². The third-order valence-electron chi connectivity index (χ3n) is 3.50. The van der Waals surface area contributed by atoms with Gasteiger partial charge < -0.3 is 5.11 Å². The van der Waals surface area contributed by atoms with Crippen molar-refractivity contribution in [2.24, 2.45) is 10.4 Å². The fraction of sp³-hybridized carbons (Fsp3) is 0.375. The van der Waals surface area contributed by atoms with Gasteiger partial charge in [0.15, 0.2) is 5.78 Å². The minimum absolute atomic E-state index is 0.0215. The van der Waals surface area contributed by atoms with Crippen molar-refractivity contribution in [1.82, 2.24) is 0 Å². The number of hydrogen-bond acceptors (Lipinski definition) is 5. The molecule has 0 unspecified atom stereocenters. The van der Waals surface area contributed by atoms with Crippen LogP contribution >= 0.6 is 0 Å². The van der Waals surface area contributed by atoms with Crippen molar-refractivity contribution < 1.29 is 14.8 Å². The summed E-state index contributed by atoms with van der Waals surface area (Å²) in [6, 6.07) is 0. The van der Waals surface area contributed by atoms with Crippen LogP contribution in [0.4, 0.5) is 0 Å². The Morgan fingerprint density at radius 1 is 1.41 bits per heavy atom. The van der Waals surface area contributed by atoms with E-state index in [1.807, 2.05) is 13.8 Å². The molecule has 0 radical (unpaired) electrons. The van der Waals surface area contributed by atoms with E-state index in [0.717, 1.165) is 0 Å². The van der Waals surface area contributed by atoms with E-state index in [1.165, 1.54) is 18.4 Å². The van der Waals surface area contributed by atoms with Gasteiger partial charge in [-0.15, -0.1) is 0 Å². The molecule has 0 spiro atoms. The molecule has 0 fully saturated rings. The first-order valence-corrected chi connectivity index (χ1v) is 7.01. The van der Waals surface area contributed by atoms with Crippen molar-refractivity contribution in [3.05, 3.63) is 57.1 Å². The summed E-state index contributed by atoms with van der Waals surface area (Å²) in [4.78, 5) is 26.5. The molecule has 0 atom stereocenters. The van der Waals surface area contributed by atoms with E-state index >= 15 is 0 Å². The zero-order chi connectivity index (χ0) is 16.3. The van der Waals surface area contributed by atoms with Crippen LogP contribution in [-0.4, -0.2) is 22.0 Å². The molecule has 0 heterocycles. The smallest absolute Gasteiger partial charge is 0.267 e. The predicted octanol–water partition coefficient (Wildman–Crippen LogP) is 3.26. The summed E-state index contributed by atoms with van der Waals surface area (Å²) in [7, 11) is 0. The van der Waals surface area contributed by atoms with Crippen LogP contribution in [0.2, 0.25) is 0 Å². The summed E-state index contributed by atoms with van der Waals surface area (Å²) in [5.41, 5.74) is 0.260. The van der Waals surface area contributed by atoms with Gasteiger partial charge in [0.2, 0.25) is 0 Å². The fourth-order valence-corrected chi connectivity index (χ4v) is 2.43. The van der Waals surface area contributed by atoms with Crippen molar-refractivity contribution in [3.8, 4) is 0 Å². The maximum Gasteiger partial charge on any atom is 0.267 e. The number of allylic oxidation sites excluding steroid dienone is 6. The molecular weight excluding hydrogens is 284 g/mol. The second-order valence-electron chi connectivity index (χ2n) is 6.15. The Bertz CT molecular complexity index is 664. The quantitative estimate of drug-likeness (QED) is 0.492. The highest BCUT2D eigenvalue weighted by Gasteiger charge is 2.32. The summed E-state index contributed by atoms with van der Waals surface area (Å²) in [6.45, 7) is 3.83. The molecule has 0 aromatic carbocycles. The number of aliphatic hydroxyl groups excluding tert-OH is 1. The Morgan fingerprint density at radius 2 is 2.14 bits per heavy atom. The normalized spacial score (nSPS) is 21.6. The van der Waals surface area contributed by atoms with E-state index in [4.69, 9.17) is 0 Å². The van der Waals surface area contributed by atoms with Gasteiger partial charge in [0.25, 0.3) is 5.70 Å². The highest BCUT2D eigenvalue weighted by atomic mass is 16.6. The number of carbonyl (C=O) groups excluding carboxylic acids is 1. The van der Waals surface area contributed by atoms with Crippen LogP contribution in [0.25, 0.3) is 0 Å². The number of nitrogens with zero attached hydrogens (tertiary/aromatic N) is 2.